The van der Waals surface area contributed by atoms with Gasteiger partial charge in [0, 0.05) is 28.2 Å². The summed E-state index contributed by atoms with van der Waals surface area (Å²) in [6.07, 6.45) is 3.01. The first kappa shape index (κ1) is 17.1. The van der Waals surface area contributed by atoms with Crippen molar-refractivity contribution in [1.82, 2.24) is 15.0 Å². The number of rotatable bonds is 5. The fraction of sp³-hybridized carbons (Fsp3) is 0.0588. The molecule has 0 fully saturated rings. The Morgan fingerprint density at radius 3 is 2.84 bits per heavy atom. The predicted molar refractivity (Wildman–Crippen MR) is 99.0 cm³/mol. The Bertz CT molecular complexity index is 963. The minimum absolute atomic E-state index is 0.0932. The normalized spacial score (nSPS) is 10.9. The molecule has 1 N–H and O–H groups in total. The second kappa shape index (κ2) is 7.87. The predicted octanol–water partition coefficient (Wildman–Crippen LogP) is 2.78. The molecular formula is C17H13ClN4O2S. The minimum Gasteiger partial charge on any atom is -0.306 e. The first-order valence-electron chi connectivity index (χ1n) is 7.31. The summed E-state index contributed by atoms with van der Waals surface area (Å²) >= 11 is 7.34. The lowest BCUT2D eigenvalue weighted by Crippen LogP contribution is -2.28. The lowest BCUT2D eigenvalue weighted by Gasteiger charge is -2.02. The third-order valence-electron chi connectivity index (χ3n) is 3.21. The van der Waals surface area contributed by atoms with Crippen LogP contribution in [0.4, 0.5) is 0 Å². The number of amides is 1. The Hall–Kier alpha value is -2.77. The SMILES string of the molecule is O=C(Cn1ccccc1=O)N/N=C\c1csc(-c2ccc(Cl)cc2)n1. The molecule has 8 heteroatoms. The Morgan fingerprint density at radius 1 is 1.28 bits per heavy atom. The number of hydrazone groups is 1. The van der Waals surface area contributed by atoms with E-state index < -0.39 is 5.91 Å². The number of aromatic nitrogens is 2. The minimum atomic E-state index is -0.391. The molecule has 25 heavy (non-hydrogen) atoms. The van der Waals surface area contributed by atoms with Gasteiger partial charge in [-0.25, -0.2) is 10.4 Å². The molecule has 0 saturated carbocycles. The molecule has 0 aliphatic rings. The maximum atomic E-state index is 11.8. The van der Waals surface area contributed by atoms with Crippen LogP contribution in [0.25, 0.3) is 10.6 Å². The van der Waals surface area contributed by atoms with Gasteiger partial charge in [0.25, 0.3) is 11.5 Å². The van der Waals surface area contributed by atoms with Crippen molar-refractivity contribution in [2.45, 2.75) is 6.54 Å². The fourth-order valence-electron chi connectivity index (χ4n) is 2.02. The van der Waals surface area contributed by atoms with E-state index in [4.69, 9.17) is 11.6 Å². The molecule has 0 bridgehead atoms. The molecule has 0 aliphatic carbocycles. The van der Waals surface area contributed by atoms with Gasteiger partial charge in [0.05, 0.1) is 11.9 Å². The van der Waals surface area contributed by atoms with Crippen LogP contribution in [0.5, 0.6) is 0 Å². The van der Waals surface area contributed by atoms with Crippen molar-refractivity contribution in [3.63, 3.8) is 0 Å². The van der Waals surface area contributed by atoms with E-state index in [0.29, 0.717) is 10.7 Å². The third kappa shape index (κ3) is 4.62. The van der Waals surface area contributed by atoms with E-state index in [1.807, 2.05) is 17.5 Å². The number of thiazole rings is 1. The zero-order valence-electron chi connectivity index (χ0n) is 12.9. The van der Waals surface area contributed by atoms with Gasteiger partial charge < -0.3 is 4.57 Å². The molecular weight excluding hydrogens is 360 g/mol. The van der Waals surface area contributed by atoms with Crippen molar-refractivity contribution in [2.24, 2.45) is 5.10 Å². The number of nitrogens with one attached hydrogen (secondary N) is 1. The van der Waals surface area contributed by atoms with Crippen LogP contribution in [-0.4, -0.2) is 21.7 Å². The molecule has 1 aromatic carbocycles. The molecule has 3 rings (SSSR count). The van der Waals surface area contributed by atoms with Crippen molar-refractivity contribution in [1.29, 1.82) is 0 Å². The van der Waals surface area contributed by atoms with E-state index in [9.17, 15) is 9.59 Å². The second-order valence-corrected chi connectivity index (χ2v) is 6.34. The van der Waals surface area contributed by atoms with Crippen LogP contribution >= 0.6 is 22.9 Å². The van der Waals surface area contributed by atoms with Gasteiger partial charge in [-0.05, 0) is 18.2 Å². The number of carbonyl (C=O) groups is 1. The largest absolute Gasteiger partial charge is 0.306 e. The summed E-state index contributed by atoms with van der Waals surface area (Å²) in [4.78, 5) is 27.8. The smallest absolute Gasteiger partial charge is 0.260 e. The molecule has 6 nitrogen and oxygen atoms in total. The highest BCUT2D eigenvalue weighted by molar-refractivity contribution is 7.13. The number of hydrogen-bond donors (Lipinski definition) is 1. The lowest BCUT2D eigenvalue weighted by molar-refractivity contribution is -0.121. The summed E-state index contributed by atoms with van der Waals surface area (Å²) in [6, 6.07) is 12.1. The van der Waals surface area contributed by atoms with Gasteiger partial charge in [0.2, 0.25) is 0 Å². The van der Waals surface area contributed by atoms with E-state index in [2.05, 4.69) is 15.5 Å². The molecule has 0 radical (unpaired) electrons. The van der Waals surface area contributed by atoms with Gasteiger partial charge in [0.15, 0.2) is 0 Å². The Morgan fingerprint density at radius 2 is 2.08 bits per heavy atom. The molecule has 3 aromatic rings. The number of halogens is 1. The van der Waals surface area contributed by atoms with Crippen molar-refractivity contribution in [3.05, 3.63) is 75.1 Å². The van der Waals surface area contributed by atoms with Crippen LogP contribution in [0.15, 0.2) is 63.9 Å². The number of carbonyl (C=O) groups excluding carboxylic acids is 1. The van der Waals surface area contributed by atoms with E-state index in [0.717, 1.165) is 10.6 Å². The van der Waals surface area contributed by atoms with Crippen LogP contribution in [0, 0.1) is 0 Å². The maximum Gasteiger partial charge on any atom is 0.260 e. The Labute approximate surface area is 152 Å². The van der Waals surface area contributed by atoms with Gasteiger partial charge in [-0.15, -0.1) is 11.3 Å². The van der Waals surface area contributed by atoms with Crippen molar-refractivity contribution in [3.8, 4) is 10.6 Å². The van der Waals surface area contributed by atoms with Crippen LogP contribution in [0.2, 0.25) is 5.02 Å². The van der Waals surface area contributed by atoms with E-state index in [-0.39, 0.29) is 12.1 Å². The second-order valence-electron chi connectivity index (χ2n) is 5.04. The van der Waals surface area contributed by atoms with Crippen LogP contribution in [0.3, 0.4) is 0 Å². The topological polar surface area (TPSA) is 76.3 Å². The standard InChI is InChI=1S/C17H13ClN4O2S/c18-13-6-4-12(5-7-13)17-20-14(11-25-17)9-19-21-15(23)10-22-8-2-1-3-16(22)24/h1-9,11H,10H2,(H,21,23)/b19-9-. The Kier molecular flexibility index (Phi) is 5.37. The van der Waals surface area contributed by atoms with Crippen LogP contribution in [0.1, 0.15) is 5.69 Å². The quantitative estimate of drug-likeness (QED) is 0.552. The highest BCUT2D eigenvalue weighted by atomic mass is 35.5. The van der Waals surface area contributed by atoms with Crippen molar-refractivity contribution in [2.75, 3.05) is 0 Å². The first-order valence-corrected chi connectivity index (χ1v) is 8.56. The zero-order valence-corrected chi connectivity index (χ0v) is 14.5. The number of hydrogen-bond acceptors (Lipinski definition) is 5. The molecule has 0 aliphatic heterocycles. The van der Waals surface area contributed by atoms with Gasteiger partial charge in [-0.3, -0.25) is 9.59 Å². The zero-order chi connectivity index (χ0) is 17.6. The average Bonchev–Trinajstić information content (AvgIpc) is 3.06. The van der Waals surface area contributed by atoms with Gasteiger partial charge in [0.1, 0.15) is 11.6 Å². The summed E-state index contributed by atoms with van der Waals surface area (Å²) in [5, 5.41) is 7.21. The number of nitrogens with zero attached hydrogens (tertiary/aromatic N) is 3. The van der Waals surface area contributed by atoms with Crippen LogP contribution in [-0.2, 0) is 11.3 Å². The summed E-state index contributed by atoms with van der Waals surface area (Å²) in [5.74, 6) is -0.391. The maximum absolute atomic E-state index is 11.8. The molecule has 0 atom stereocenters. The molecule has 0 saturated heterocycles. The summed E-state index contributed by atoms with van der Waals surface area (Å²) in [5.41, 5.74) is 3.73. The number of benzene rings is 1. The summed E-state index contributed by atoms with van der Waals surface area (Å²) in [7, 11) is 0. The molecule has 2 heterocycles. The van der Waals surface area contributed by atoms with Gasteiger partial charge in [-0.1, -0.05) is 29.8 Å². The van der Waals surface area contributed by atoms with E-state index in [1.165, 1.54) is 28.2 Å². The molecule has 0 spiro atoms. The highest BCUT2D eigenvalue weighted by Crippen LogP contribution is 2.24. The fourth-order valence-corrected chi connectivity index (χ4v) is 2.92. The molecule has 0 unspecified atom stereocenters. The molecule has 2 aromatic heterocycles. The highest BCUT2D eigenvalue weighted by Gasteiger charge is 2.04. The Balaban J connectivity index is 1.59. The van der Waals surface area contributed by atoms with E-state index >= 15 is 0 Å². The summed E-state index contributed by atoms with van der Waals surface area (Å²) in [6.45, 7) is -0.0932. The third-order valence-corrected chi connectivity index (χ3v) is 4.37. The van der Waals surface area contributed by atoms with Gasteiger partial charge in [-0.2, -0.15) is 5.10 Å². The van der Waals surface area contributed by atoms with Crippen molar-refractivity contribution < 1.29 is 4.79 Å². The number of pyridine rings is 1. The van der Waals surface area contributed by atoms with Crippen molar-refractivity contribution >= 4 is 35.1 Å². The molecule has 1 amide bonds. The first-order chi connectivity index (χ1) is 12.1. The van der Waals surface area contributed by atoms with E-state index in [1.54, 1.807) is 30.5 Å². The molecule has 126 valence electrons. The average molecular weight is 373 g/mol. The van der Waals surface area contributed by atoms with Crippen LogP contribution < -0.4 is 11.0 Å². The van der Waals surface area contributed by atoms with Gasteiger partial charge >= 0.3 is 0 Å². The summed E-state index contributed by atoms with van der Waals surface area (Å²) < 4.78 is 1.30. The lowest BCUT2D eigenvalue weighted by atomic mass is 10.2. The monoisotopic (exact) mass is 372 g/mol.